The molecule has 32 heavy (non-hydrogen) atoms. The largest absolute Gasteiger partial charge is 0.257 e. The van der Waals surface area contributed by atoms with Crippen molar-refractivity contribution in [3.8, 4) is 0 Å². The van der Waals surface area contributed by atoms with Crippen LogP contribution in [0.5, 0.6) is 0 Å². The van der Waals surface area contributed by atoms with Crippen LogP contribution >= 0.6 is 0 Å². The highest BCUT2D eigenvalue weighted by Gasteiger charge is 2.25. The van der Waals surface area contributed by atoms with E-state index in [0.29, 0.717) is 12.0 Å². The zero-order valence-corrected chi connectivity index (χ0v) is 22.6. The van der Waals surface area contributed by atoms with Gasteiger partial charge < -0.3 is 0 Å². The van der Waals surface area contributed by atoms with Gasteiger partial charge in [0, 0.05) is 0 Å². The van der Waals surface area contributed by atoms with Crippen LogP contribution < -0.4 is 4.57 Å². The molecule has 2 atom stereocenters. The van der Waals surface area contributed by atoms with Gasteiger partial charge in [-0.05, 0) is 32.6 Å². The lowest BCUT2D eigenvalue weighted by Gasteiger charge is -2.17. The molecule has 1 N–H and O–H groups in total. The Morgan fingerprint density at radius 2 is 1.00 bits per heavy atom. The first-order valence-corrected chi connectivity index (χ1v) is 14.8. The molecular weight excluding hydrogens is 388 g/mol. The second-order valence-corrected chi connectivity index (χ2v) is 10.5. The molecule has 0 bridgehead atoms. The van der Waals surface area contributed by atoms with Gasteiger partial charge in [0.2, 0.25) is 0 Å². The summed E-state index contributed by atoms with van der Waals surface area (Å²) in [4.78, 5) is 3.69. The SMILES string of the molecule is CCCCCCCCCCC(CCCCCCCC)c1[nH]cc[n+]1C(C)CCCCCC. The number of rotatable bonds is 23. The molecule has 1 aromatic rings. The van der Waals surface area contributed by atoms with E-state index in [9.17, 15) is 0 Å². The molecule has 0 saturated carbocycles. The van der Waals surface area contributed by atoms with E-state index in [1.165, 1.54) is 141 Å². The normalized spacial score (nSPS) is 13.5. The summed E-state index contributed by atoms with van der Waals surface area (Å²) in [5.74, 6) is 2.24. The van der Waals surface area contributed by atoms with Crippen molar-refractivity contribution < 1.29 is 4.57 Å². The minimum Gasteiger partial charge on any atom is -0.247 e. The van der Waals surface area contributed by atoms with Crippen molar-refractivity contribution in [1.29, 1.82) is 0 Å². The first-order chi connectivity index (χ1) is 15.7. The minimum absolute atomic E-state index is 0.624. The summed E-state index contributed by atoms with van der Waals surface area (Å²) >= 11 is 0. The molecule has 0 aliphatic rings. The molecule has 0 radical (unpaired) electrons. The van der Waals surface area contributed by atoms with Crippen molar-refractivity contribution >= 4 is 0 Å². The molecule has 188 valence electrons. The van der Waals surface area contributed by atoms with Gasteiger partial charge in [0.25, 0.3) is 5.82 Å². The smallest absolute Gasteiger partial charge is 0.247 e. The van der Waals surface area contributed by atoms with Gasteiger partial charge >= 0.3 is 0 Å². The molecule has 0 amide bonds. The van der Waals surface area contributed by atoms with Crippen LogP contribution in [0.15, 0.2) is 12.4 Å². The third-order valence-corrected chi connectivity index (χ3v) is 7.39. The van der Waals surface area contributed by atoms with Gasteiger partial charge in [-0.15, -0.1) is 0 Å². The maximum Gasteiger partial charge on any atom is 0.257 e. The molecule has 0 saturated heterocycles. The van der Waals surface area contributed by atoms with Crippen molar-refractivity contribution in [2.75, 3.05) is 0 Å². The summed E-state index contributed by atoms with van der Waals surface area (Å²) in [6.45, 7) is 9.36. The monoisotopic (exact) mass is 447 g/mol. The Labute approximate surface area is 202 Å². The summed E-state index contributed by atoms with van der Waals surface area (Å²) in [7, 11) is 0. The predicted molar refractivity (Wildman–Crippen MR) is 142 cm³/mol. The highest BCUT2D eigenvalue weighted by molar-refractivity contribution is 4.90. The van der Waals surface area contributed by atoms with Gasteiger partial charge in [-0.1, -0.05) is 130 Å². The predicted octanol–water partition coefficient (Wildman–Crippen LogP) is 10.2. The number of nitrogens with one attached hydrogen (secondary N) is 1. The Balaban J connectivity index is 2.53. The van der Waals surface area contributed by atoms with Gasteiger partial charge in [0.15, 0.2) is 0 Å². The number of H-pyrrole nitrogens is 1. The zero-order valence-electron chi connectivity index (χ0n) is 22.6. The van der Waals surface area contributed by atoms with E-state index < -0.39 is 0 Å². The van der Waals surface area contributed by atoms with Crippen molar-refractivity contribution in [3.63, 3.8) is 0 Å². The van der Waals surface area contributed by atoms with Crippen LogP contribution in [-0.2, 0) is 0 Å². The molecule has 2 heteroatoms. The van der Waals surface area contributed by atoms with Gasteiger partial charge in [-0.2, -0.15) is 0 Å². The van der Waals surface area contributed by atoms with Crippen LogP contribution in [-0.4, -0.2) is 4.98 Å². The number of hydrogen-bond donors (Lipinski definition) is 1. The van der Waals surface area contributed by atoms with E-state index in [2.05, 4.69) is 49.6 Å². The minimum atomic E-state index is 0.624. The lowest BCUT2D eigenvalue weighted by atomic mass is 9.93. The number of aromatic nitrogens is 2. The second kappa shape index (κ2) is 20.8. The number of nitrogens with zero attached hydrogens (tertiary/aromatic N) is 1. The Morgan fingerprint density at radius 3 is 1.50 bits per heavy atom. The van der Waals surface area contributed by atoms with Crippen LogP contribution in [0.1, 0.15) is 180 Å². The Morgan fingerprint density at radius 1 is 0.594 bits per heavy atom. The second-order valence-electron chi connectivity index (χ2n) is 10.5. The zero-order chi connectivity index (χ0) is 23.3. The summed E-state index contributed by atoms with van der Waals surface area (Å²) in [6, 6.07) is 0.624. The van der Waals surface area contributed by atoms with Crippen molar-refractivity contribution in [2.24, 2.45) is 0 Å². The summed E-state index contributed by atoms with van der Waals surface area (Å²) in [6.07, 6.45) is 33.8. The van der Waals surface area contributed by atoms with Gasteiger partial charge in [-0.25, -0.2) is 9.55 Å². The van der Waals surface area contributed by atoms with Crippen LogP contribution in [0, 0.1) is 0 Å². The van der Waals surface area contributed by atoms with E-state index in [1.807, 2.05) is 0 Å². The fourth-order valence-corrected chi connectivity index (χ4v) is 5.19. The van der Waals surface area contributed by atoms with E-state index in [4.69, 9.17) is 0 Å². The maximum absolute atomic E-state index is 3.69. The van der Waals surface area contributed by atoms with E-state index in [0.717, 1.165) is 0 Å². The first kappa shape index (κ1) is 29.2. The van der Waals surface area contributed by atoms with E-state index in [-0.39, 0.29) is 0 Å². The van der Waals surface area contributed by atoms with Gasteiger partial charge in [0.1, 0.15) is 12.4 Å². The Kier molecular flexibility index (Phi) is 19.0. The number of unbranched alkanes of at least 4 members (excludes halogenated alkanes) is 15. The van der Waals surface area contributed by atoms with Gasteiger partial charge in [0.05, 0.1) is 12.0 Å². The van der Waals surface area contributed by atoms with E-state index >= 15 is 0 Å². The van der Waals surface area contributed by atoms with E-state index in [1.54, 1.807) is 0 Å². The maximum atomic E-state index is 3.69. The average molecular weight is 448 g/mol. The molecule has 0 aromatic carbocycles. The van der Waals surface area contributed by atoms with Crippen molar-refractivity contribution in [1.82, 2.24) is 4.98 Å². The fourth-order valence-electron chi connectivity index (χ4n) is 5.19. The number of aromatic amines is 1. The highest BCUT2D eigenvalue weighted by Crippen LogP contribution is 2.27. The highest BCUT2D eigenvalue weighted by atomic mass is 15.1. The summed E-state index contributed by atoms with van der Waals surface area (Å²) in [5, 5.41) is 0. The Hall–Kier alpha value is -0.790. The fraction of sp³-hybridized carbons (Fsp3) is 0.900. The lowest BCUT2D eigenvalue weighted by molar-refractivity contribution is -0.727. The van der Waals surface area contributed by atoms with Crippen LogP contribution in [0.2, 0.25) is 0 Å². The quantitative estimate of drug-likeness (QED) is 0.127. The molecule has 1 heterocycles. The number of hydrogen-bond acceptors (Lipinski definition) is 0. The Bertz CT molecular complexity index is 507. The molecule has 1 rings (SSSR count). The molecule has 0 spiro atoms. The third-order valence-electron chi connectivity index (χ3n) is 7.39. The molecule has 2 unspecified atom stereocenters. The molecule has 0 aliphatic carbocycles. The van der Waals surface area contributed by atoms with Crippen LogP contribution in [0.3, 0.4) is 0 Å². The molecular formula is C30H59N2+. The average Bonchev–Trinajstić information content (AvgIpc) is 3.29. The molecule has 0 aliphatic heterocycles. The van der Waals surface area contributed by atoms with Crippen molar-refractivity contribution in [2.45, 2.75) is 174 Å². The van der Waals surface area contributed by atoms with Crippen LogP contribution in [0.25, 0.3) is 0 Å². The summed E-state index contributed by atoms with van der Waals surface area (Å²) < 4.78 is 2.60. The van der Waals surface area contributed by atoms with Crippen molar-refractivity contribution in [3.05, 3.63) is 18.2 Å². The molecule has 1 aromatic heterocycles. The number of imidazole rings is 1. The van der Waals surface area contributed by atoms with Gasteiger partial charge in [-0.3, -0.25) is 0 Å². The molecule has 2 nitrogen and oxygen atoms in total. The first-order valence-electron chi connectivity index (χ1n) is 14.8. The molecule has 0 fully saturated rings. The lowest BCUT2D eigenvalue weighted by Crippen LogP contribution is -2.41. The van der Waals surface area contributed by atoms with Crippen LogP contribution in [0.4, 0.5) is 0 Å². The summed E-state index contributed by atoms with van der Waals surface area (Å²) in [5.41, 5.74) is 0. The standard InChI is InChI=1S/C30H58N2/c1-5-8-11-14-16-17-19-22-25-29(24-21-18-15-12-9-6-2)30-31-26-27-32(30)28(4)23-20-13-10-7-3/h26-29H,5-25H2,1-4H3/p+1. The third kappa shape index (κ3) is 13.7. The topological polar surface area (TPSA) is 19.7 Å².